The number of hydrogen-bond donors (Lipinski definition) is 1. The van der Waals surface area contributed by atoms with Gasteiger partial charge in [-0.1, -0.05) is 31.0 Å². The highest BCUT2D eigenvalue weighted by Gasteiger charge is 2.35. The van der Waals surface area contributed by atoms with Gasteiger partial charge in [0.1, 0.15) is 0 Å². The van der Waals surface area contributed by atoms with Crippen molar-refractivity contribution in [3.63, 3.8) is 0 Å². The summed E-state index contributed by atoms with van der Waals surface area (Å²) in [5.74, 6) is 0.194. The number of anilines is 1. The van der Waals surface area contributed by atoms with Crippen molar-refractivity contribution >= 4 is 24.0 Å². The van der Waals surface area contributed by atoms with Gasteiger partial charge in [0.2, 0.25) is 5.91 Å². The Balaban J connectivity index is 0.00000208. The van der Waals surface area contributed by atoms with Gasteiger partial charge in [-0.3, -0.25) is 9.69 Å². The first-order valence-electron chi connectivity index (χ1n) is 9.00. The van der Waals surface area contributed by atoms with E-state index in [-0.39, 0.29) is 18.3 Å². The standard InChI is InChI=1S/C19H29N3O.ClH/c1-21(19(23)14-15-8-2-3-9-16(15)20)17-10-4-5-11-18(17)22-12-6-7-13-22;/h2-3,8-9,17-18H,4-7,10-14,20H2,1H3;1H/t17?,18-;/m0./s1. The van der Waals surface area contributed by atoms with Gasteiger partial charge in [0, 0.05) is 24.8 Å². The third kappa shape index (κ3) is 4.22. The number of nitrogens with two attached hydrogens (primary N) is 1. The van der Waals surface area contributed by atoms with Gasteiger partial charge < -0.3 is 10.6 Å². The van der Waals surface area contributed by atoms with Crippen LogP contribution in [0.4, 0.5) is 5.69 Å². The fourth-order valence-corrected chi connectivity index (χ4v) is 4.21. The van der Waals surface area contributed by atoms with E-state index in [0.717, 1.165) is 12.0 Å². The van der Waals surface area contributed by atoms with E-state index in [2.05, 4.69) is 4.90 Å². The normalized spacial score (nSPS) is 24.4. The molecule has 24 heavy (non-hydrogen) atoms. The molecule has 2 atom stereocenters. The molecule has 2 N–H and O–H groups in total. The molecule has 1 saturated heterocycles. The molecule has 1 aliphatic carbocycles. The van der Waals surface area contributed by atoms with Gasteiger partial charge in [0.15, 0.2) is 0 Å². The first-order valence-corrected chi connectivity index (χ1v) is 9.00. The maximum atomic E-state index is 12.8. The number of rotatable bonds is 4. The van der Waals surface area contributed by atoms with E-state index in [9.17, 15) is 4.79 Å². The van der Waals surface area contributed by atoms with Crippen molar-refractivity contribution < 1.29 is 4.79 Å². The fourth-order valence-electron chi connectivity index (χ4n) is 4.21. The van der Waals surface area contributed by atoms with Crippen LogP contribution < -0.4 is 5.73 Å². The van der Waals surface area contributed by atoms with Gasteiger partial charge in [-0.05, 0) is 50.4 Å². The molecule has 1 aromatic carbocycles. The molecule has 2 fully saturated rings. The summed E-state index contributed by atoms with van der Waals surface area (Å²) in [6.45, 7) is 2.41. The van der Waals surface area contributed by atoms with E-state index in [1.165, 1.54) is 45.2 Å². The molecule has 1 saturated carbocycles. The fraction of sp³-hybridized carbons (Fsp3) is 0.632. The number of nitrogen functional groups attached to an aromatic ring is 1. The average molecular weight is 352 g/mol. The number of likely N-dealkylation sites (N-methyl/N-ethyl adjacent to an activating group) is 1. The van der Waals surface area contributed by atoms with Crippen molar-refractivity contribution in [2.24, 2.45) is 0 Å². The second kappa shape index (κ2) is 8.72. The van der Waals surface area contributed by atoms with Gasteiger partial charge in [-0.15, -0.1) is 12.4 Å². The molecule has 0 radical (unpaired) electrons. The molecule has 1 aliphatic heterocycles. The minimum absolute atomic E-state index is 0. The molecule has 0 bridgehead atoms. The highest BCUT2D eigenvalue weighted by molar-refractivity contribution is 5.85. The van der Waals surface area contributed by atoms with Crippen LogP contribution in [0.3, 0.4) is 0 Å². The molecule has 1 aromatic rings. The predicted molar refractivity (Wildman–Crippen MR) is 101 cm³/mol. The lowest BCUT2D eigenvalue weighted by Gasteiger charge is -2.42. The molecule has 134 valence electrons. The highest BCUT2D eigenvalue weighted by Crippen LogP contribution is 2.29. The van der Waals surface area contributed by atoms with Crippen LogP contribution in [0.1, 0.15) is 44.1 Å². The first-order chi connectivity index (χ1) is 11.2. The zero-order valence-electron chi connectivity index (χ0n) is 14.6. The number of likely N-dealkylation sites (tertiary alicyclic amines) is 1. The van der Waals surface area contributed by atoms with Crippen molar-refractivity contribution in [3.05, 3.63) is 29.8 Å². The number of para-hydroxylation sites is 1. The van der Waals surface area contributed by atoms with Crippen LogP contribution in [0.5, 0.6) is 0 Å². The number of nitrogens with zero attached hydrogens (tertiary/aromatic N) is 2. The Labute approximate surface area is 151 Å². The van der Waals surface area contributed by atoms with Gasteiger partial charge in [-0.25, -0.2) is 0 Å². The molecule has 0 spiro atoms. The topological polar surface area (TPSA) is 49.6 Å². The van der Waals surface area contributed by atoms with Gasteiger partial charge in [-0.2, -0.15) is 0 Å². The zero-order chi connectivity index (χ0) is 16.2. The molecule has 0 aromatic heterocycles. The van der Waals surface area contributed by atoms with E-state index in [1.54, 1.807) is 0 Å². The van der Waals surface area contributed by atoms with Crippen molar-refractivity contribution in [1.29, 1.82) is 0 Å². The van der Waals surface area contributed by atoms with E-state index in [0.29, 0.717) is 24.2 Å². The second-order valence-corrected chi connectivity index (χ2v) is 7.04. The average Bonchev–Trinajstić information content (AvgIpc) is 3.10. The van der Waals surface area contributed by atoms with Crippen molar-refractivity contribution in [1.82, 2.24) is 9.80 Å². The minimum Gasteiger partial charge on any atom is -0.398 e. The van der Waals surface area contributed by atoms with Gasteiger partial charge >= 0.3 is 0 Å². The molecule has 3 rings (SSSR count). The van der Waals surface area contributed by atoms with Gasteiger partial charge in [0.25, 0.3) is 0 Å². The van der Waals surface area contributed by atoms with Crippen molar-refractivity contribution in [3.8, 4) is 0 Å². The molecule has 5 heteroatoms. The highest BCUT2D eigenvalue weighted by atomic mass is 35.5. The summed E-state index contributed by atoms with van der Waals surface area (Å²) in [4.78, 5) is 17.4. The Morgan fingerprint density at radius 1 is 1.17 bits per heavy atom. The molecule has 1 amide bonds. The summed E-state index contributed by atoms with van der Waals surface area (Å²) < 4.78 is 0. The summed E-state index contributed by atoms with van der Waals surface area (Å²) in [5.41, 5.74) is 7.65. The molecular formula is C19H30ClN3O. The van der Waals surface area contributed by atoms with Crippen LogP contribution in [-0.4, -0.2) is 47.9 Å². The third-order valence-electron chi connectivity index (χ3n) is 5.59. The summed E-state index contributed by atoms with van der Waals surface area (Å²) in [6, 6.07) is 8.60. The third-order valence-corrected chi connectivity index (χ3v) is 5.59. The lowest BCUT2D eigenvalue weighted by Crippen LogP contribution is -2.53. The lowest BCUT2D eigenvalue weighted by atomic mass is 9.88. The molecule has 1 unspecified atom stereocenters. The maximum Gasteiger partial charge on any atom is 0.227 e. The number of halogens is 1. The number of carbonyl (C=O) groups excluding carboxylic acids is 1. The minimum atomic E-state index is 0. The number of hydrogen-bond acceptors (Lipinski definition) is 3. The van der Waals surface area contributed by atoms with Crippen LogP contribution in [0.2, 0.25) is 0 Å². The Morgan fingerprint density at radius 2 is 1.83 bits per heavy atom. The van der Waals surface area contributed by atoms with Crippen molar-refractivity contribution in [2.45, 2.75) is 57.0 Å². The Kier molecular flexibility index (Phi) is 6.93. The molecule has 2 aliphatic rings. The van der Waals surface area contributed by atoms with Crippen molar-refractivity contribution in [2.75, 3.05) is 25.9 Å². The Bertz CT molecular complexity index is 545. The summed E-state index contributed by atoms with van der Waals surface area (Å²) in [5, 5.41) is 0. The summed E-state index contributed by atoms with van der Waals surface area (Å²) >= 11 is 0. The quantitative estimate of drug-likeness (QED) is 0.848. The predicted octanol–water partition coefficient (Wildman–Crippen LogP) is 3.10. The maximum absolute atomic E-state index is 12.8. The van der Waals surface area contributed by atoms with Crippen LogP contribution >= 0.6 is 12.4 Å². The van der Waals surface area contributed by atoms with Crippen LogP contribution in [-0.2, 0) is 11.2 Å². The Morgan fingerprint density at radius 3 is 2.54 bits per heavy atom. The number of benzene rings is 1. The monoisotopic (exact) mass is 351 g/mol. The van der Waals surface area contributed by atoms with Crippen LogP contribution in [0.25, 0.3) is 0 Å². The van der Waals surface area contributed by atoms with E-state index < -0.39 is 0 Å². The SMILES string of the molecule is CN(C(=O)Cc1ccccc1N)C1CCCC[C@@H]1N1CCCC1.Cl. The van der Waals surface area contributed by atoms with E-state index in [4.69, 9.17) is 5.73 Å². The molecule has 1 heterocycles. The van der Waals surface area contributed by atoms with Crippen LogP contribution in [0, 0.1) is 0 Å². The summed E-state index contributed by atoms with van der Waals surface area (Å²) in [7, 11) is 1.99. The largest absolute Gasteiger partial charge is 0.398 e. The first kappa shape index (κ1) is 19.1. The smallest absolute Gasteiger partial charge is 0.227 e. The lowest BCUT2D eigenvalue weighted by molar-refractivity contribution is -0.133. The second-order valence-electron chi connectivity index (χ2n) is 7.04. The number of amides is 1. The molecular weight excluding hydrogens is 322 g/mol. The van der Waals surface area contributed by atoms with Crippen LogP contribution in [0.15, 0.2) is 24.3 Å². The zero-order valence-corrected chi connectivity index (χ0v) is 15.4. The van der Waals surface area contributed by atoms with E-state index >= 15 is 0 Å². The number of carbonyl (C=O) groups is 1. The Hall–Kier alpha value is -1.26. The summed E-state index contributed by atoms with van der Waals surface area (Å²) in [6.07, 6.45) is 7.92. The molecule has 4 nitrogen and oxygen atoms in total. The van der Waals surface area contributed by atoms with E-state index in [1.807, 2.05) is 36.2 Å². The van der Waals surface area contributed by atoms with Gasteiger partial charge in [0.05, 0.1) is 6.42 Å².